The van der Waals surface area contributed by atoms with Crippen molar-refractivity contribution in [2.45, 2.75) is 120 Å². The van der Waals surface area contributed by atoms with E-state index in [9.17, 15) is 14.7 Å². The molecule has 0 radical (unpaired) electrons. The molecule has 0 aromatic heterocycles. The number of carbonyl (C=O) groups is 2. The Morgan fingerprint density at radius 3 is 2.15 bits per heavy atom. The maximum absolute atomic E-state index is 14.3. The Kier molecular flexibility index (Phi) is 5.06. The quantitative estimate of drug-likeness (QED) is 0.399. The standard InChI is InChI=1S/C31H48O3/c1-19-9-11-29(6)23(26(19,2)3)10-12-31(8)24(29)22(32)17-20-21-18-28(5,25(33)34)14-13-27(21,4)15-16-30(20,31)7/h19,23-24H,9-18H2,1-8H3,(H,33,34)/t19-,23+,24-,27+,28-,29-,30+,31+/m0/s1. The maximum atomic E-state index is 14.3. The third-order valence-electron chi connectivity index (χ3n) is 13.5. The normalized spacial score (nSPS) is 52.2. The second kappa shape index (κ2) is 7.00. The Bertz CT molecular complexity index is 975. The molecule has 5 aliphatic carbocycles. The van der Waals surface area contributed by atoms with Crippen molar-refractivity contribution < 1.29 is 14.7 Å². The van der Waals surface area contributed by atoms with E-state index in [1.54, 1.807) is 0 Å². The summed E-state index contributed by atoms with van der Waals surface area (Å²) in [6.45, 7) is 19.0. The maximum Gasteiger partial charge on any atom is 0.309 e. The van der Waals surface area contributed by atoms with Gasteiger partial charge in [-0.25, -0.2) is 0 Å². The molecule has 5 rings (SSSR count). The number of allylic oxidation sites excluding steroid dienone is 2. The fourth-order valence-electron chi connectivity index (χ4n) is 10.5. The first-order valence-electron chi connectivity index (χ1n) is 14.0. The molecule has 0 saturated heterocycles. The van der Waals surface area contributed by atoms with E-state index in [1.165, 1.54) is 30.4 Å². The van der Waals surface area contributed by atoms with Gasteiger partial charge in [0, 0.05) is 12.3 Å². The van der Waals surface area contributed by atoms with Crippen LogP contribution in [0.5, 0.6) is 0 Å². The molecular formula is C31H48O3. The average Bonchev–Trinajstić information content (AvgIpc) is 2.73. The summed E-state index contributed by atoms with van der Waals surface area (Å²) in [5.74, 6) is 1.22. The SMILES string of the molecule is C[C@H]1CC[C@@]2(C)[C@H](CC[C@]3(C)[C@H]2C(=O)CC2=C4C[C@@](C)(C(=O)O)CC[C@]4(C)CC[C@]23C)C1(C)C. The number of fused-ring (bicyclic) bond motifs is 6. The molecular weight excluding hydrogens is 420 g/mol. The predicted molar refractivity (Wildman–Crippen MR) is 136 cm³/mol. The molecule has 0 unspecified atom stereocenters. The molecule has 190 valence electrons. The Hall–Kier alpha value is -1.12. The van der Waals surface area contributed by atoms with E-state index in [0.29, 0.717) is 30.5 Å². The Morgan fingerprint density at radius 1 is 0.853 bits per heavy atom. The lowest BCUT2D eigenvalue weighted by atomic mass is 9.33. The number of carboxylic acid groups (broad SMARTS) is 1. The van der Waals surface area contributed by atoms with Crippen molar-refractivity contribution >= 4 is 11.8 Å². The van der Waals surface area contributed by atoms with Gasteiger partial charge in [0.25, 0.3) is 0 Å². The number of carboxylic acids is 1. The number of aliphatic carboxylic acids is 1. The molecule has 0 aromatic carbocycles. The molecule has 3 nitrogen and oxygen atoms in total. The van der Waals surface area contributed by atoms with Gasteiger partial charge in [0.2, 0.25) is 0 Å². The van der Waals surface area contributed by atoms with E-state index < -0.39 is 11.4 Å². The second-order valence-corrected chi connectivity index (χ2v) is 15.2. The van der Waals surface area contributed by atoms with Gasteiger partial charge in [0.05, 0.1) is 5.41 Å². The molecule has 0 spiro atoms. The minimum Gasteiger partial charge on any atom is -0.481 e. The van der Waals surface area contributed by atoms with E-state index in [1.807, 2.05) is 6.92 Å². The lowest BCUT2D eigenvalue weighted by Gasteiger charge is -2.70. The number of carbonyl (C=O) groups excluding carboxylic acids is 1. The van der Waals surface area contributed by atoms with Crippen LogP contribution in [0.1, 0.15) is 120 Å². The van der Waals surface area contributed by atoms with Crippen LogP contribution in [-0.2, 0) is 9.59 Å². The highest BCUT2D eigenvalue weighted by Gasteiger charge is 2.69. The van der Waals surface area contributed by atoms with Crippen LogP contribution >= 0.6 is 0 Å². The molecule has 0 bridgehead atoms. The summed E-state index contributed by atoms with van der Waals surface area (Å²) < 4.78 is 0. The average molecular weight is 469 g/mol. The van der Waals surface area contributed by atoms with Crippen LogP contribution in [0.4, 0.5) is 0 Å². The van der Waals surface area contributed by atoms with Crippen LogP contribution in [0, 0.1) is 50.2 Å². The molecule has 4 fully saturated rings. The van der Waals surface area contributed by atoms with Crippen molar-refractivity contribution in [1.29, 1.82) is 0 Å². The highest BCUT2D eigenvalue weighted by Crippen LogP contribution is 2.75. The topological polar surface area (TPSA) is 54.4 Å². The Balaban J connectivity index is 1.64. The van der Waals surface area contributed by atoms with Gasteiger partial charge in [-0.1, -0.05) is 59.6 Å². The minimum atomic E-state index is -0.700. The third kappa shape index (κ3) is 2.82. The molecule has 4 saturated carbocycles. The smallest absolute Gasteiger partial charge is 0.309 e. The first-order valence-corrected chi connectivity index (χ1v) is 14.0. The number of hydrogen-bond acceptors (Lipinski definition) is 2. The zero-order valence-corrected chi connectivity index (χ0v) is 23.1. The molecule has 3 heteroatoms. The van der Waals surface area contributed by atoms with E-state index in [0.717, 1.165) is 32.1 Å². The van der Waals surface area contributed by atoms with E-state index in [-0.39, 0.29) is 33.0 Å². The van der Waals surface area contributed by atoms with Crippen molar-refractivity contribution in [2.24, 2.45) is 50.2 Å². The van der Waals surface area contributed by atoms with Crippen LogP contribution < -0.4 is 0 Å². The summed E-state index contributed by atoms with van der Waals surface area (Å²) in [5, 5.41) is 10.1. The fraction of sp³-hybridized carbons (Fsp3) is 0.871. The minimum absolute atomic E-state index is 0.00163. The molecule has 0 amide bonds. The van der Waals surface area contributed by atoms with Crippen LogP contribution in [-0.4, -0.2) is 16.9 Å². The third-order valence-corrected chi connectivity index (χ3v) is 13.5. The molecule has 0 heterocycles. The van der Waals surface area contributed by atoms with Crippen LogP contribution in [0.3, 0.4) is 0 Å². The monoisotopic (exact) mass is 468 g/mol. The van der Waals surface area contributed by atoms with Crippen molar-refractivity contribution in [2.75, 3.05) is 0 Å². The van der Waals surface area contributed by atoms with Gasteiger partial charge in [-0.3, -0.25) is 9.59 Å². The number of Topliss-reactive ketones (excluding diaryl/α,β-unsaturated/α-hetero) is 1. The summed E-state index contributed by atoms with van der Waals surface area (Å²) in [7, 11) is 0. The highest BCUT2D eigenvalue weighted by atomic mass is 16.4. The van der Waals surface area contributed by atoms with Gasteiger partial charge in [0.1, 0.15) is 5.78 Å². The highest BCUT2D eigenvalue weighted by molar-refractivity contribution is 5.88. The largest absolute Gasteiger partial charge is 0.481 e. The number of ketones is 1. The van der Waals surface area contributed by atoms with Gasteiger partial charge in [-0.2, -0.15) is 0 Å². The summed E-state index contributed by atoms with van der Waals surface area (Å²) >= 11 is 0. The van der Waals surface area contributed by atoms with Gasteiger partial charge in [-0.05, 0) is 104 Å². The van der Waals surface area contributed by atoms with Gasteiger partial charge >= 0.3 is 5.97 Å². The summed E-state index contributed by atoms with van der Waals surface area (Å²) in [4.78, 5) is 26.6. The number of rotatable bonds is 1. The second-order valence-electron chi connectivity index (χ2n) is 15.2. The Morgan fingerprint density at radius 2 is 1.50 bits per heavy atom. The molecule has 34 heavy (non-hydrogen) atoms. The number of hydrogen-bond donors (Lipinski definition) is 1. The van der Waals surface area contributed by atoms with Crippen molar-refractivity contribution in [3.63, 3.8) is 0 Å². The molecule has 0 aromatic rings. The lowest BCUT2D eigenvalue weighted by Crippen LogP contribution is -2.65. The zero-order valence-electron chi connectivity index (χ0n) is 23.1. The van der Waals surface area contributed by atoms with Crippen molar-refractivity contribution in [3.05, 3.63) is 11.1 Å². The first kappa shape index (κ1) is 24.6. The van der Waals surface area contributed by atoms with Crippen LogP contribution in [0.2, 0.25) is 0 Å². The Labute approximate surface area is 207 Å². The molecule has 0 aliphatic heterocycles. The summed E-state index contributed by atoms with van der Waals surface area (Å²) in [6.07, 6.45) is 9.89. The van der Waals surface area contributed by atoms with Crippen molar-refractivity contribution in [3.8, 4) is 0 Å². The first-order chi connectivity index (χ1) is 15.6. The van der Waals surface area contributed by atoms with Gasteiger partial charge in [0.15, 0.2) is 0 Å². The predicted octanol–water partition coefficient (Wildman–Crippen LogP) is 7.83. The fourth-order valence-corrected chi connectivity index (χ4v) is 10.5. The van der Waals surface area contributed by atoms with E-state index in [4.69, 9.17) is 0 Å². The molecule has 5 aliphatic rings. The van der Waals surface area contributed by atoms with Gasteiger partial charge < -0.3 is 5.11 Å². The lowest BCUT2D eigenvalue weighted by molar-refractivity contribution is -0.193. The molecule has 1 N–H and O–H groups in total. The van der Waals surface area contributed by atoms with Crippen LogP contribution in [0.25, 0.3) is 0 Å². The summed E-state index contributed by atoms with van der Waals surface area (Å²) in [5.41, 5.74) is 2.39. The van der Waals surface area contributed by atoms with Gasteiger partial charge in [-0.15, -0.1) is 0 Å². The zero-order chi connectivity index (χ0) is 25.1. The van der Waals surface area contributed by atoms with E-state index >= 15 is 0 Å². The summed E-state index contributed by atoms with van der Waals surface area (Å²) in [6, 6.07) is 0. The van der Waals surface area contributed by atoms with Crippen LogP contribution in [0.15, 0.2) is 11.1 Å². The molecule has 8 atom stereocenters. The van der Waals surface area contributed by atoms with Crippen molar-refractivity contribution in [1.82, 2.24) is 0 Å². The van der Waals surface area contributed by atoms with E-state index in [2.05, 4.69) is 48.5 Å².